The van der Waals surface area contributed by atoms with E-state index in [9.17, 15) is 0 Å². The van der Waals surface area contributed by atoms with Crippen molar-refractivity contribution in [1.29, 1.82) is 0 Å². The van der Waals surface area contributed by atoms with Crippen LogP contribution in [0.4, 0.5) is 0 Å². The van der Waals surface area contributed by atoms with Gasteiger partial charge in [-0.1, -0.05) is 6.07 Å². The second-order valence-electron chi connectivity index (χ2n) is 3.80. The van der Waals surface area contributed by atoms with Gasteiger partial charge in [-0.3, -0.25) is 0 Å². The summed E-state index contributed by atoms with van der Waals surface area (Å²) in [5, 5.41) is 3.32. The van der Waals surface area contributed by atoms with Crippen molar-refractivity contribution in [2.45, 2.75) is 19.4 Å². The lowest BCUT2D eigenvalue weighted by Crippen LogP contribution is -2.37. The van der Waals surface area contributed by atoms with E-state index in [0.717, 1.165) is 17.9 Å². The number of hydrogen-bond acceptors (Lipinski definition) is 3. The van der Waals surface area contributed by atoms with E-state index in [1.165, 1.54) is 5.56 Å². The molecule has 1 aliphatic rings. The molecule has 0 saturated heterocycles. The van der Waals surface area contributed by atoms with E-state index in [-0.39, 0.29) is 6.04 Å². The van der Waals surface area contributed by atoms with Crippen molar-refractivity contribution < 1.29 is 9.47 Å². The van der Waals surface area contributed by atoms with Gasteiger partial charge in [0.05, 0.1) is 0 Å². The molecule has 1 aromatic rings. The molecule has 0 fully saturated rings. The third-order valence-electron chi connectivity index (χ3n) is 2.37. The number of nitrogens with one attached hydrogen (secondary N) is 1. The summed E-state index contributed by atoms with van der Waals surface area (Å²) in [6.07, 6.45) is 0.841. The summed E-state index contributed by atoms with van der Waals surface area (Å²) < 4.78 is 10.6. The SMILES string of the molecule is CC(Cc1ccc2c(c1)OCO2)NC(N)=S. The first kappa shape index (κ1) is 11.0. The first-order chi connectivity index (χ1) is 7.65. The molecule has 0 radical (unpaired) electrons. The predicted octanol–water partition coefficient (Wildman–Crippen LogP) is 1.18. The van der Waals surface area contributed by atoms with Crippen molar-refractivity contribution in [3.63, 3.8) is 0 Å². The van der Waals surface area contributed by atoms with Crippen LogP contribution in [-0.2, 0) is 6.42 Å². The van der Waals surface area contributed by atoms with Crippen LogP contribution in [0, 0.1) is 0 Å². The zero-order chi connectivity index (χ0) is 11.5. The fourth-order valence-electron chi connectivity index (χ4n) is 1.72. The van der Waals surface area contributed by atoms with Gasteiger partial charge in [0.25, 0.3) is 0 Å². The Bertz CT molecular complexity index is 409. The van der Waals surface area contributed by atoms with Gasteiger partial charge in [-0.05, 0) is 43.3 Å². The molecule has 1 heterocycles. The zero-order valence-corrected chi connectivity index (χ0v) is 9.84. The lowest BCUT2D eigenvalue weighted by molar-refractivity contribution is 0.174. The second-order valence-corrected chi connectivity index (χ2v) is 4.24. The second kappa shape index (κ2) is 4.57. The molecule has 0 aromatic heterocycles. The molecule has 1 atom stereocenters. The van der Waals surface area contributed by atoms with Crippen molar-refractivity contribution in [2.75, 3.05) is 6.79 Å². The zero-order valence-electron chi connectivity index (χ0n) is 9.03. The maximum Gasteiger partial charge on any atom is 0.231 e. The summed E-state index contributed by atoms with van der Waals surface area (Å²) in [6, 6.07) is 6.13. The van der Waals surface area contributed by atoms with E-state index in [2.05, 4.69) is 5.32 Å². The molecule has 0 amide bonds. The Morgan fingerprint density at radius 3 is 3.00 bits per heavy atom. The Morgan fingerprint density at radius 1 is 1.50 bits per heavy atom. The summed E-state index contributed by atoms with van der Waals surface area (Å²) in [6.45, 7) is 2.34. The van der Waals surface area contributed by atoms with Gasteiger partial charge in [-0.15, -0.1) is 0 Å². The van der Waals surface area contributed by atoms with Crippen LogP contribution in [0.25, 0.3) is 0 Å². The largest absolute Gasteiger partial charge is 0.454 e. The lowest BCUT2D eigenvalue weighted by atomic mass is 10.1. The highest BCUT2D eigenvalue weighted by Crippen LogP contribution is 2.32. The van der Waals surface area contributed by atoms with Gasteiger partial charge in [0.15, 0.2) is 16.6 Å². The minimum atomic E-state index is 0.206. The smallest absolute Gasteiger partial charge is 0.231 e. The molecule has 5 heteroatoms. The first-order valence-corrected chi connectivity index (χ1v) is 5.50. The molecular weight excluding hydrogens is 224 g/mol. The van der Waals surface area contributed by atoms with Crippen LogP contribution in [0.3, 0.4) is 0 Å². The molecule has 3 N–H and O–H groups in total. The minimum Gasteiger partial charge on any atom is -0.454 e. The molecule has 4 nitrogen and oxygen atoms in total. The molecule has 2 rings (SSSR count). The molecule has 0 saturated carbocycles. The van der Waals surface area contributed by atoms with Crippen molar-refractivity contribution in [3.05, 3.63) is 23.8 Å². The average molecular weight is 238 g/mol. The van der Waals surface area contributed by atoms with Gasteiger partial charge in [0, 0.05) is 6.04 Å². The van der Waals surface area contributed by atoms with Gasteiger partial charge >= 0.3 is 0 Å². The van der Waals surface area contributed by atoms with Gasteiger partial charge < -0.3 is 20.5 Å². The number of hydrogen-bond donors (Lipinski definition) is 2. The van der Waals surface area contributed by atoms with Crippen LogP contribution in [0.15, 0.2) is 18.2 Å². The summed E-state index contributed by atoms with van der Waals surface area (Å²) in [5.74, 6) is 1.61. The number of ether oxygens (including phenoxy) is 2. The van der Waals surface area contributed by atoms with Crippen LogP contribution in [-0.4, -0.2) is 17.9 Å². The van der Waals surface area contributed by atoms with Gasteiger partial charge in [0.2, 0.25) is 6.79 Å². The maximum atomic E-state index is 5.41. The first-order valence-electron chi connectivity index (χ1n) is 5.09. The molecule has 0 bridgehead atoms. The van der Waals surface area contributed by atoms with E-state index in [1.807, 2.05) is 25.1 Å². The number of nitrogens with two attached hydrogens (primary N) is 1. The molecule has 0 spiro atoms. The summed E-state index contributed by atoms with van der Waals surface area (Å²) in [7, 11) is 0. The monoisotopic (exact) mass is 238 g/mol. The fourth-order valence-corrected chi connectivity index (χ4v) is 1.92. The van der Waals surface area contributed by atoms with Crippen molar-refractivity contribution >= 4 is 17.3 Å². The Kier molecular flexibility index (Phi) is 3.14. The van der Waals surface area contributed by atoms with E-state index >= 15 is 0 Å². The van der Waals surface area contributed by atoms with E-state index in [4.69, 9.17) is 27.4 Å². The quantitative estimate of drug-likeness (QED) is 0.774. The Balaban J connectivity index is 2.02. The molecule has 16 heavy (non-hydrogen) atoms. The number of benzene rings is 1. The number of rotatable bonds is 3. The van der Waals surface area contributed by atoms with Crippen LogP contribution in [0.2, 0.25) is 0 Å². The van der Waals surface area contributed by atoms with Gasteiger partial charge in [-0.25, -0.2) is 0 Å². The molecular formula is C11H14N2O2S. The van der Waals surface area contributed by atoms with E-state index in [0.29, 0.717) is 11.9 Å². The standard InChI is InChI=1S/C11H14N2O2S/c1-7(13-11(12)16)4-8-2-3-9-10(5-8)15-6-14-9/h2-3,5,7H,4,6H2,1H3,(H3,12,13,16). The van der Waals surface area contributed by atoms with Gasteiger partial charge in [-0.2, -0.15) is 0 Å². The van der Waals surface area contributed by atoms with Crippen LogP contribution in [0.1, 0.15) is 12.5 Å². The Morgan fingerprint density at radius 2 is 2.25 bits per heavy atom. The van der Waals surface area contributed by atoms with Crippen LogP contribution < -0.4 is 20.5 Å². The molecule has 86 valence electrons. The highest BCUT2D eigenvalue weighted by molar-refractivity contribution is 7.80. The summed E-state index contributed by atoms with van der Waals surface area (Å²) in [4.78, 5) is 0. The van der Waals surface area contributed by atoms with E-state index < -0.39 is 0 Å². The molecule has 1 aromatic carbocycles. The molecule has 0 aliphatic carbocycles. The number of thiocarbonyl (C=S) groups is 1. The average Bonchev–Trinajstić information content (AvgIpc) is 2.63. The van der Waals surface area contributed by atoms with Crippen molar-refractivity contribution in [3.8, 4) is 11.5 Å². The topological polar surface area (TPSA) is 56.5 Å². The summed E-state index contributed by atoms with van der Waals surface area (Å²) >= 11 is 4.79. The lowest BCUT2D eigenvalue weighted by Gasteiger charge is -2.13. The van der Waals surface area contributed by atoms with E-state index in [1.54, 1.807) is 0 Å². The normalized spacial score (nSPS) is 14.6. The highest BCUT2D eigenvalue weighted by atomic mass is 32.1. The Hall–Kier alpha value is -1.49. The third-order valence-corrected chi connectivity index (χ3v) is 2.49. The summed E-state index contributed by atoms with van der Waals surface area (Å²) in [5.41, 5.74) is 6.58. The van der Waals surface area contributed by atoms with Crippen LogP contribution >= 0.6 is 12.2 Å². The molecule has 1 unspecified atom stereocenters. The van der Waals surface area contributed by atoms with Crippen molar-refractivity contribution in [2.24, 2.45) is 5.73 Å². The predicted molar refractivity (Wildman–Crippen MR) is 65.7 cm³/mol. The third kappa shape index (κ3) is 2.55. The molecule has 1 aliphatic heterocycles. The maximum absolute atomic E-state index is 5.41. The minimum absolute atomic E-state index is 0.206. The number of fused-ring (bicyclic) bond motifs is 1. The van der Waals surface area contributed by atoms with Gasteiger partial charge in [0.1, 0.15) is 0 Å². The van der Waals surface area contributed by atoms with Crippen molar-refractivity contribution in [1.82, 2.24) is 5.32 Å². The fraction of sp³-hybridized carbons (Fsp3) is 0.364. The van der Waals surface area contributed by atoms with Crippen LogP contribution in [0.5, 0.6) is 11.5 Å². The highest BCUT2D eigenvalue weighted by Gasteiger charge is 2.14. The Labute approximate surface area is 99.7 Å².